The lowest BCUT2D eigenvalue weighted by atomic mass is 10.4. The van der Waals surface area contributed by atoms with Gasteiger partial charge in [0.25, 0.3) is 0 Å². The van der Waals surface area contributed by atoms with Gasteiger partial charge in [-0.1, -0.05) is 6.07 Å². The number of aromatic nitrogens is 2. The van der Waals surface area contributed by atoms with Crippen molar-refractivity contribution in [3.05, 3.63) is 55.1 Å². The van der Waals surface area contributed by atoms with Crippen molar-refractivity contribution in [2.24, 2.45) is 0 Å². The maximum Gasteiger partial charge on any atom is 0.343 e. The Hall–Kier alpha value is -0.940. The van der Waals surface area contributed by atoms with Crippen molar-refractivity contribution in [1.29, 1.82) is 0 Å². The lowest BCUT2D eigenvalue weighted by molar-refractivity contribution is -0.913. The van der Waals surface area contributed by atoms with Gasteiger partial charge in [0.15, 0.2) is 24.8 Å². The van der Waals surface area contributed by atoms with Crippen LogP contribution >= 0.6 is 0 Å². The molecule has 0 radical (unpaired) electrons. The molecule has 0 aromatic carbocycles. The minimum atomic E-state index is 0. The van der Waals surface area contributed by atoms with E-state index in [1.165, 1.54) is 5.69 Å². The van der Waals surface area contributed by atoms with Crippen LogP contribution in [0, 0.1) is 0 Å². The van der Waals surface area contributed by atoms with Crippen molar-refractivity contribution in [3.63, 3.8) is 0 Å². The minimum absolute atomic E-state index is 0. The predicted octanol–water partition coefficient (Wildman–Crippen LogP) is -5.16. The number of hydrogen-bond donors (Lipinski definition) is 0. The van der Waals surface area contributed by atoms with E-state index in [4.69, 9.17) is 0 Å². The van der Waals surface area contributed by atoms with E-state index in [2.05, 4.69) is 51.0 Å². The van der Waals surface area contributed by atoms with Crippen LogP contribution in [0.2, 0.25) is 0 Å². The summed E-state index contributed by atoms with van der Waals surface area (Å²) < 4.78 is 4.28. The van der Waals surface area contributed by atoms with E-state index in [1.807, 2.05) is 32.3 Å². The van der Waals surface area contributed by atoms with Crippen LogP contribution < -0.4 is 48.0 Å². The summed E-state index contributed by atoms with van der Waals surface area (Å²) in [6, 6.07) is 10.3. The second-order valence-electron chi connectivity index (χ2n) is 4.00. The van der Waals surface area contributed by atoms with E-state index in [0.29, 0.717) is 0 Å². The number of anilines is 1. The van der Waals surface area contributed by atoms with Gasteiger partial charge in [-0.2, -0.15) is 0 Å². The number of hydrogen-bond acceptors (Lipinski definition) is 1. The molecule has 0 atom stereocenters. The van der Waals surface area contributed by atoms with Crippen LogP contribution in [0.1, 0.15) is 0 Å². The summed E-state index contributed by atoms with van der Waals surface area (Å²) >= 11 is 0. The second-order valence-corrected chi connectivity index (χ2v) is 4.00. The predicted molar refractivity (Wildman–Crippen MR) is 63.0 cm³/mol. The lowest BCUT2D eigenvalue weighted by Crippen LogP contribution is -3.00. The van der Waals surface area contributed by atoms with Gasteiger partial charge in [0, 0.05) is 44.0 Å². The zero-order valence-electron chi connectivity index (χ0n) is 10.5. The normalized spacial score (nSPS) is 9.00. The zero-order valence-corrected chi connectivity index (χ0v) is 13.7. The molecule has 18 heavy (non-hydrogen) atoms. The molecule has 3 nitrogen and oxygen atoms in total. The van der Waals surface area contributed by atoms with Crippen LogP contribution in [0.25, 0.3) is 0 Å². The Morgan fingerprint density at radius 1 is 0.833 bits per heavy atom. The highest BCUT2D eigenvalue weighted by atomic mass is 79.9. The molecule has 2 heterocycles. The molecule has 0 saturated carbocycles. The third-order valence-electron chi connectivity index (χ3n) is 2.49. The van der Waals surface area contributed by atoms with Crippen molar-refractivity contribution in [2.45, 2.75) is 6.67 Å². The molecule has 0 fully saturated rings. The third-order valence-corrected chi connectivity index (χ3v) is 2.49. The van der Waals surface area contributed by atoms with E-state index in [-0.39, 0.29) is 34.0 Å². The molecule has 98 valence electrons. The summed E-state index contributed by atoms with van der Waals surface area (Å²) in [5.41, 5.74) is 1.22. The molecule has 0 aliphatic carbocycles. The van der Waals surface area contributed by atoms with E-state index in [9.17, 15) is 0 Å². The van der Waals surface area contributed by atoms with E-state index in [0.717, 1.165) is 6.67 Å². The first-order valence-electron chi connectivity index (χ1n) is 5.36. The first-order valence-corrected chi connectivity index (χ1v) is 5.36. The maximum absolute atomic E-state index is 2.15. The summed E-state index contributed by atoms with van der Waals surface area (Å²) in [7, 11) is 4.09. The average molecular weight is 375 g/mol. The van der Waals surface area contributed by atoms with Crippen LogP contribution in [0.5, 0.6) is 0 Å². The molecule has 0 spiro atoms. The number of halogens is 2. The van der Waals surface area contributed by atoms with Gasteiger partial charge in [-0.3, -0.25) is 0 Å². The minimum Gasteiger partial charge on any atom is -1.00 e. The Kier molecular flexibility index (Phi) is 7.78. The summed E-state index contributed by atoms with van der Waals surface area (Å²) in [4.78, 5) is 2.10. The van der Waals surface area contributed by atoms with Gasteiger partial charge < -0.3 is 38.9 Å². The molecule has 2 aromatic heterocycles. The highest BCUT2D eigenvalue weighted by molar-refractivity contribution is 5.41. The first-order chi connectivity index (χ1) is 7.75. The highest BCUT2D eigenvalue weighted by Gasteiger charge is 2.06. The Morgan fingerprint density at radius 2 is 1.33 bits per heavy atom. The van der Waals surface area contributed by atoms with Gasteiger partial charge in [-0.05, 0) is 0 Å². The van der Waals surface area contributed by atoms with Crippen molar-refractivity contribution in [1.82, 2.24) is 0 Å². The fourth-order valence-electron chi connectivity index (χ4n) is 1.56. The first kappa shape index (κ1) is 17.1. The summed E-state index contributed by atoms with van der Waals surface area (Å²) in [5.74, 6) is 0. The number of nitrogens with zero attached hydrogens (tertiary/aromatic N) is 3. The van der Waals surface area contributed by atoms with Gasteiger partial charge >= 0.3 is 6.67 Å². The topological polar surface area (TPSA) is 11.0 Å². The summed E-state index contributed by atoms with van der Waals surface area (Å²) in [6.07, 6.45) is 8.31. The van der Waals surface area contributed by atoms with Gasteiger partial charge in [-0.15, -0.1) is 9.13 Å². The van der Waals surface area contributed by atoms with Crippen LogP contribution in [-0.2, 0) is 6.67 Å². The van der Waals surface area contributed by atoms with Crippen LogP contribution in [-0.4, -0.2) is 14.1 Å². The summed E-state index contributed by atoms with van der Waals surface area (Å²) in [6.45, 7) is 0.842. The van der Waals surface area contributed by atoms with Crippen molar-refractivity contribution in [3.8, 4) is 0 Å². The fourth-order valence-corrected chi connectivity index (χ4v) is 1.56. The quantitative estimate of drug-likeness (QED) is 0.489. The van der Waals surface area contributed by atoms with Gasteiger partial charge in [0.1, 0.15) is 0 Å². The number of pyridine rings is 2. The molecule has 2 aromatic rings. The molecule has 5 heteroatoms. The van der Waals surface area contributed by atoms with E-state index >= 15 is 0 Å². The van der Waals surface area contributed by atoms with Crippen LogP contribution in [0.3, 0.4) is 0 Å². The molecule has 0 saturated heterocycles. The monoisotopic (exact) mass is 373 g/mol. The van der Waals surface area contributed by atoms with Crippen molar-refractivity contribution < 1.29 is 43.1 Å². The Balaban J connectivity index is 0.00000144. The molecule has 0 N–H and O–H groups in total. The standard InChI is InChI=1S/C13H17N3.2BrH/c1-14(2)13-6-10-16(11-7-13)12-15-8-4-3-5-9-15;;/h3-11H,12H2,1-2H3;2*1H/q+2;;/p-2. The van der Waals surface area contributed by atoms with Gasteiger partial charge in [-0.25, -0.2) is 0 Å². The molecule has 0 bridgehead atoms. The van der Waals surface area contributed by atoms with Crippen LogP contribution in [0.15, 0.2) is 55.1 Å². The fraction of sp³-hybridized carbons (Fsp3) is 0.231. The smallest absolute Gasteiger partial charge is 0.343 e. The van der Waals surface area contributed by atoms with E-state index < -0.39 is 0 Å². The number of rotatable bonds is 3. The zero-order chi connectivity index (χ0) is 11.4. The Bertz CT molecular complexity index is 444. The van der Waals surface area contributed by atoms with Crippen molar-refractivity contribution in [2.75, 3.05) is 19.0 Å². The lowest BCUT2D eigenvalue weighted by Gasteiger charge is -2.09. The molecular formula is C13H17Br2N3. The van der Waals surface area contributed by atoms with Gasteiger partial charge in [0.05, 0.1) is 0 Å². The third kappa shape index (κ3) is 4.74. The molecule has 0 unspecified atom stereocenters. The van der Waals surface area contributed by atoms with Crippen LogP contribution in [0.4, 0.5) is 5.69 Å². The largest absolute Gasteiger partial charge is 1.00 e. The Morgan fingerprint density at radius 3 is 1.83 bits per heavy atom. The summed E-state index contributed by atoms with van der Waals surface area (Å²) in [5, 5.41) is 0. The Labute approximate surface area is 129 Å². The average Bonchev–Trinajstić information content (AvgIpc) is 2.31. The van der Waals surface area contributed by atoms with Gasteiger partial charge in [0.2, 0.25) is 0 Å². The second kappa shape index (κ2) is 8.21. The molecular weight excluding hydrogens is 358 g/mol. The molecule has 2 rings (SSSR count). The van der Waals surface area contributed by atoms with E-state index in [1.54, 1.807) is 0 Å². The SMILES string of the molecule is CN(C)c1cc[n+](C[n+]2ccccc2)cc1.[Br-].[Br-]. The highest BCUT2D eigenvalue weighted by Crippen LogP contribution is 2.05. The molecule has 0 aliphatic heterocycles. The van der Waals surface area contributed by atoms with Crippen molar-refractivity contribution >= 4 is 5.69 Å². The molecule has 0 amide bonds. The molecule has 0 aliphatic rings. The maximum atomic E-state index is 2.15.